The number of fused-ring (bicyclic) bond motifs is 1. The molecule has 25 heavy (non-hydrogen) atoms. The number of amides is 1. The second kappa shape index (κ2) is 7.29. The standard InChI is InChI=1S/C19H17NO3S2/c21-19(14-5-6-17-18(11-14)23-13-22-17)20(12-16-4-2-10-25-16)8-7-15-3-1-9-24-15/h1-6,9-11H,7-8,12-13H2. The van der Waals surface area contributed by atoms with Gasteiger partial charge in [0.05, 0.1) is 6.54 Å². The summed E-state index contributed by atoms with van der Waals surface area (Å²) in [6.07, 6.45) is 0.860. The number of hydrogen-bond donors (Lipinski definition) is 0. The van der Waals surface area contributed by atoms with E-state index < -0.39 is 0 Å². The number of ether oxygens (including phenoxy) is 2. The normalized spacial score (nSPS) is 12.3. The molecule has 0 fully saturated rings. The van der Waals surface area contributed by atoms with Gasteiger partial charge in [0.25, 0.3) is 5.91 Å². The maximum Gasteiger partial charge on any atom is 0.254 e. The monoisotopic (exact) mass is 371 g/mol. The zero-order valence-electron chi connectivity index (χ0n) is 13.5. The first kappa shape index (κ1) is 16.2. The Morgan fingerprint density at radius 1 is 1.00 bits per heavy atom. The lowest BCUT2D eigenvalue weighted by Gasteiger charge is -2.22. The Balaban J connectivity index is 1.54. The summed E-state index contributed by atoms with van der Waals surface area (Å²) in [7, 11) is 0. The molecule has 4 rings (SSSR count). The number of hydrogen-bond acceptors (Lipinski definition) is 5. The number of rotatable bonds is 6. The molecule has 0 saturated carbocycles. The van der Waals surface area contributed by atoms with Gasteiger partial charge in [-0.25, -0.2) is 0 Å². The van der Waals surface area contributed by atoms with Gasteiger partial charge in [0.15, 0.2) is 11.5 Å². The molecule has 2 aromatic heterocycles. The summed E-state index contributed by atoms with van der Waals surface area (Å²) in [5.41, 5.74) is 0.631. The highest BCUT2D eigenvalue weighted by molar-refractivity contribution is 7.10. The van der Waals surface area contributed by atoms with Crippen molar-refractivity contribution in [2.75, 3.05) is 13.3 Å². The van der Waals surface area contributed by atoms with Crippen molar-refractivity contribution in [2.24, 2.45) is 0 Å². The quantitative estimate of drug-likeness (QED) is 0.644. The predicted molar refractivity (Wildman–Crippen MR) is 99.6 cm³/mol. The Labute approximate surface area is 154 Å². The van der Waals surface area contributed by atoms with Crippen molar-refractivity contribution in [2.45, 2.75) is 13.0 Å². The van der Waals surface area contributed by atoms with E-state index in [2.05, 4.69) is 17.5 Å². The van der Waals surface area contributed by atoms with Crippen molar-refractivity contribution >= 4 is 28.6 Å². The molecule has 128 valence electrons. The fourth-order valence-corrected chi connectivity index (χ4v) is 4.17. The van der Waals surface area contributed by atoms with Crippen LogP contribution in [0.15, 0.2) is 53.2 Å². The number of carbonyl (C=O) groups is 1. The minimum absolute atomic E-state index is 0.0169. The molecule has 0 aliphatic carbocycles. The van der Waals surface area contributed by atoms with Gasteiger partial charge in [-0.2, -0.15) is 0 Å². The molecule has 4 nitrogen and oxygen atoms in total. The molecule has 1 aliphatic heterocycles. The molecule has 3 heterocycles. The Hall–Kier alpha value is -2.31. The molecule has 1 aromatic carbocycles. The second-order valence-corrected chi connectivity index (χ2v) is 7.77. The van der Waals surface area contributed by atoms with Gasteiger partial charge >= 0.3 is 0 Å². The van der Waals surface area contributed by atoms with Crippen LogP contribution in [0.5, 0.6) is 11.5 Å². The summed E-state index contributed by atoms with van der Waals surface area (Å²) in [6.45, 7) is 1.52. The average Bonchev–Trinajstić information content (AvgIpc) is 3.39. The Kier molecular flexibility index (Phi) is 4.72. The van der Waals surface area contributed by atoms with E-state index in [4.69, 9.17) is 9.47 Å². The van der Waals surface area contributed by atoms with E-state index >= 15 is 0 Å². The zero-order chi connectivity index (χ0) is 17.1. The van der Waals surface area contributed by atoms with Crippen LogP contribution in [-0.2, 0) is 13.0 Å². The van der Waals surface area contributed by atoms with E-state index in [1.54, 1.807) is 34.8 Å². The third-order valence-electron chi connectivity index (χ3n) is 4.04. The largest absolute Gasteiger partial charge is 0.454 e. The number of benzene rings is 1. The van der Waals surface area contributed by atoms with Crippen molar-refractivity contribution in [1.82, 2.24) is 4.90 Å². The van der Waals surface area contributed by atoms with Crippen molar-refractivity contribution in [3.63, 3.8) is 0 Å². The number of nitrogens with zero attached hydrogens (tertiary/aromatic N) is 1. The minimum atomic E-state index is 0.0169. The smallest absolute Gasteiger partial charge is 0.254 e. The minimum Gasteiger partial charge on any atom is -0.454 e. The van der Waals surface area contributed by atoms with Gasteiger partial charge in [-0.3, -0.25) is 4.79 Å². The van der Waals surface area contributed by atoms with Crippen LogP contribution in [0.1, 0.15) is 20.1 Å². The van der Waals surface area contributed by atoms with E-state index in [1.165, 1.54) is 9.75 Å². The molecular weight excluding hydrogens is 354 g/mol. The third kappa shape index (κ3) is 3.70. The molecule has 0 bridgehead atoms. The first-order valence-electron chi connectivity index (χ1n) is 8.03. The second-order valence-electron chi connectivity index (χ2n) is 5.70. The number of carbonyl (C=O) groups excluding carboxylic acids is 1. The van der Waals surface area contributed by atoms with E-state index in [9.17, 15) is 4.79 Å². The van der Waals surface area contributed by atoms with Crippen LogP contribution < -0.4 is 9.47 Å². The molecular formula is C19H17NO3S2. The summed E-state index contributed by atoms with van der Waals surface area (Å²) in [6, 6.07) is 13.6. The molecule has 0 unspecified atom stereocenters. The summed E-state index contributed by atoms with van der Waals surface area (Å²) in [5.74, 6) is 1.35. The highest BCUT2D eigenvalue weighted by atomic mass is 32.1. The highest BCUT2D eigenvalue weighted by Crippen LogP contribution is 2.33. The van der Waals surface area contributed by atoms with Crippen LogP contribution in [0, 0.1) is 0 Å². The lowest BCUT2D eigenvalue weighted by atomic mass is 10.1. The zero-order valence-corrected chi connectivity index (χ0v) is 15.1. The summed E-state index contributed by atoms with van der Waals surface area (Å²) >= 11 is 3.40. The van der Waals surface area contributed by atoms with Crippen LogP contribution in [0.4, 0.5) is 0 Å². The van der Waals surface area contributed by atoms with E-state index in [-0.39, 0.29) is 12.7 Å². The summed E-state index contributed by atoms with van der Waals surface area (Å²) in [4.78, 5) is 17.4. The summed E-state index contributed by atoms with van der Waals surface area (Å²) < 4.78 is 10.7. The van der Waals surface area contributed by atoms with Crippen molar-refractivity contribution in [1.29, 1.82) is 0 Å². The van der Waals surface area contributed by atoms with E-state index in [1.807, 2.05) is 28.5 Å². The average molecular weight is 371 g/mol. The predicted octanol–water partition coefficient (Wildman–Crippen LogP) is 4.42. The molecule has 0 saturated heterocycles. The fourth-order valence-electron chi connectivity index (χ4n) is 2.76. The van der Waals surface area contributed by atoms with Crippen LogP contribution in [-0.4, -0.2) is 24.1 Å². The van der Waals surface area contributed by atoms with Crippen LogP contribution in [0.3, 0.4) is 0 Å². The maximum atomic E-state index is 13.1. The molecule has 0 N–H and O–H groups in total. The summed E-state index contributed by atoms with van der Waals surface area (Å²) in [5, 5.41) is 4.11. The van der Waals surface area contributed by atoms with Gasteiger partial charge in [-0.05, 0) is 47.5 Å². The molecule has 6 heteroatoms. The molecule has 0 radical (unpaired) electrons. The topological polar surface area (TPSA) is 38.8 Å². The molecule has 3 aromatic rings. The van der Waals surface area contributed by atoms with Crippen LogP contribution in [0.25, 0.3) is 0 Å². The Morgan fingerprint density at radius 2 is 1.76 bits per heavy atom. The van der Waals surface area contributed by atoms with Crippen molar-refractivity contribution in [3.8, 4) is 11.5 Å². The fraction of sp³-hybridized carbons (Fsp3) is 0.211. The van der Waals surface area contributed by atoms with Crippen LogP contribution >= 0.6 is 22.7 Å². The van der Waals surface area contributed by atoms with Gasteiger partial charge in [0, 0.05) is 21.9 Å². The van der Waals surface area contributed by atoms with Crippen molar-refractivity contribution in [3.05, 3.63) is 68.5 Å². The van der Waals surface area contributed by atoms with Crippen LogP contribution in [0.2, 0.25) is 0 Å². The first-order chi connectivity index (χ1) is 12.3. The SMILES string of the molecule is O=C(c1ccc2c(c1)OCO2)N(CCc1cccs1)Cc1cccs1. The van der Waals surface area contributed by atoms with Gasteiger partial charge in [-0.15, -0.1) is 22.7 Å². The number of thiophene rings is 2. The molecule has 0 atom stereocenters. The highest BCUT2D eigenvalue weighted by Gasteiger charge is 2.21. The van der Waals surface area contributed by atoms with Crippen molar-refractivity contribution < 1.29 is 14.3 Å². The molecule has 0 spiro atoms. The van der Waals surface area contributed by atoms with Gasteiger partial charge in [-0.1, -0.05) is 12.1 Å². The Morgan fingerprint density at radius 3 is 2.52 bits per heavy atom. The van der Waals surface area contributed by atoms with Gasteiger partial charge < -0.3 is 14.4 Å². The van der Waals surface area contributed by atoms with Gasteiger partial charge in [0.1, 0.15) is 0 Å². The first-order valence-corrected chi connectivity index (χ1v) is 9.79. The molecule has 1 amide bonds. The lowest BCUT2D eigenvalue weighted by molar-refractivity contribution is 0.0746. The van der Waals surface area contributed by atoms with E-state index in [0.29, 0.717) is 30.2 Å². The third-order valence-corrected chi connectivity index (χ3v) is 5.84. The molecule has 1 aliphatic rings. The lowest BCUT2D eigenvalue weighted by Crippen LogP contribution is -2.32. The maximum absolute atomic E-state index is 13.1. The van der Waals surface area contributed by atoms with Gasteiger partial charge in [0.2, 0.25) is 6.79 Å². The Bertz CT molecular complexity index is 844. The van der Waals surface area contributed by atoms with E-state index in [0.717, 1.165) is 6.42 Å².